The molecule has 0 fully saturated rings. The number of amides is 2. The number of carbonyl (C=O) groups excluding carboxylic acids is 1. The van der Waals surface area contributed by atoms with E-state index in [9.17, 15) is 9.59 Å². The number of rotatable bonds is 5. The molecule has 0 radical (unpaired) electrons. The summed E-state index contributed by atoms with van der Waals surface area (Å²) >= 11 is 1.56. The van der Waals surface area contributed by atoms with Gasteiger partial charge in [-0.15, -0.1) is 11.3 Å². The largest absolute Gasteiger partial charge is 0.480 e. The van der Waals surface area contributed by atoms with Crippen LogP contribution in [-0.2, 0) is 11.2 Å². The van der Waals surface area contributed by atoms with E-state index in [1.165, 1.54) is 4.90 Å². The molecule has 112 valence electrons. The number of thiazole rings is 1. The molecule has 1 rings (SSSR count). The van der Waals surface area contributed by atoms with E-state index in [1.54, 1.807) is 32.1 Å². The molecule has 0 spiro atoms. The third kappa shape index (κ3) is 5.16. The number of aliphatic carboxylic acids is 1. The van der Waals surface area contributed by atoms with Gasteiger partial charge >= 0.3 is 12.0 Å². The lowest BCUT2D eigenvalue weighted by atomic mass is 10.1. The summed E-state index contributed by atoms with van der Waals surface area (Å²) in [4.78, 5) is 28.5. The number of carbonyl (C=O) groups is 2. The van der Waals surface area contributed by atoms with E-state index in [2.05, 4.69) is 10.3 Å². The van der Waals surface area contributed by atoms with Gasteiger partial charge in [-0.25, -0.2) is 9.78 Å². The minimum Gasteiger partial charge on any atom is -0.480 e. The molecule has 0 bridgehead atoms. The third-order valence-corrected chi connectivity index (χ3v) is 3.66. The van der Waals surface area contributed by atoms with Gasteiger partial charge in [0.2, 0.25) is 0 Å². The zero-order chi connectivity index (χ0) is 15.3. The van der Waals surface area contributed by atoms with E-state index in [-0.39, 0.29) is 12.6 Å². The normalized spacial score (nSPS) is 11.2. The lowest BCUT2D eigenvalue weighted by Gasteiger charge is -2.34. The number of carboxylic acid groups (broad SMARTS) is 1. The minimum atomic E-state index is -1.02. The summed E-state index contributed by atoms with van der Waals surface area (Å²) in [6.45, 7) is 7.47. The predicted molar refractivity (Wildman–Crippen MR) is 78.0 cm³/mol. The molecule has 1 aromatic heterocycles. The molecule has 0 unspecified atom stereocenters. The molecule has 0 aliphatic heterocycles. The highest BCUT2D eigenvalue weighted by Gasteiger charge is 2.28. The molecule has 20 heavy (non-hydrogen) atoms. The number of hydrogen-bond acceptors (Lipinski definition) is 4. The van der Waals surface area contributed by atoms with E-state index >= 15 is 0 Å². The monoisotopic (exact) mass is 299 g/mol. The molecular formula is C13H21N3O3S. The summed E-state index contributed by atoms with van der Waals surface area (Å²) in [7, 11) is 0. The first-order chi connectivity index (χ1) is 9.20. The second-order valence-electron chi connectivity index (χ2n) is 5.52. The van der Waals surface area contributed by atoms with Crippen molar-refractivity contribution in [1.82, 2.24) is 15.2 Å². The quantitative estimate of drug-likeness (QED) is 0.869. The van der Waals surface area contributed by atoms with E-state index in [4.69, 9.17) is 5.11 Å². The Labute approximate surface area is 122 Å². The van der Waals surface area contributed by atoms with Crippen molar-refractivity contribution in [2.75, 3.05) is 13.1 Å². The summed E-state index contributed by atoms with van der Waals surface area (Å²) in [6, 6.07) is -0.367. The Morgan fingerprint density at radius 2 is 2.10 bits per heavy atom. The number of aromatic nitrogens is 1. The van der Waals surface area contributed by atoms with Crippen LogP contribution in [0.5, 0.6) is 0 Å². The molecule has 1 heterocycles. The van der Waals surface area contributed by atoms with Gasteiger partial charge in [-0.2, -0.15) is 0 Å². The van der Waals surface area contributed by atoms with Gasteiger partial charge in [-0.3, -0.25) is 4.79 Å². The standard InChI is InChI=1S/C13H21N3O3S/c1-9-8-20-10(15-9)5-6-14-12(19)16(7-11(17)18)13(2,3)4/h8H,5-7H2,1-4H3,(H,14,19)(H,17,18). The molecule has 0 aliphatic rings. The van der Waals surface area contributed by atoms with Gasteiger partial charge in [0.05, 0.1) is 5.01 Å². The van der Waals surface area contributed by atoms with Crippen LogP contribution in [0, 0.1) is 6.92 Å². The number of aryl methyl sites for hydroxylation is 1. The molecule has 2 N–H and O–H groups in total. The number of carboxylic acids is 1. The van der Waals surface area contributed by atoms with Crippen molar-refractivity contribution < 1.29 is 14.7 Å². The maximum Gasteiger partial charge on any atom is 0.323 e. The summed E-state index contributed by atoms with van der Waals surface area (Å²) < 4.78 is 0. The van der Waals surface area contributed by atoms with E-state index in [0.717, 1.165) is 10.7 Å². The fraction of sp³-hybridized carbons (Fsp3) is 0.615. The van der Waals surface area contributed by atoms with E-state index in [1.807, 2.05) is 12.3 Å². The highest BCUT2D eigenvalue weighted by atomic mass is 32.1. The van der Waals surface area contributed by atoms with E-state index in [0.29, 0.717) is 13.0 Å². The van der Waals surface area contributed by atoms with Gasteiger partial charge in [-0.1, -0.05) is 0 Å². The lowest BCUT2D eigenvalue weighted by Crippen LogP contribution is -2.52. The molecule has 0 saturated heterocycles. The Balaban J connectivity index is 2.52. The third-order valence-electron chi connectivity index (χ3n) is 2.63. The van der Waals surface area contributed by atoms with Gasteiger partial charge in [0.1, 0.15) is 6.54 Å². The maximum absolute atomic E-state index is 12.1. The second-order valence-corrected chi connectivity index (χ2v) is 6.46. The lowest BCUT2D eigenvalue weighted by molar-refractivity contribution is -0.138. The Morgan fingerprint density at radius 3 is 2.55 bits per heavy atom. The SMILES string of the molecule is Cc1csc(CCNC(=O)N(CC(=O)O)C(C)(C)C)n1. The summed E-state index contributed by atoms with van der Waals surface area (Å²) in [6.07, 6.45) is 0.648. The Bertz CT molecular complexity index is 479. The molecule has 7 heteroatoms. The van der Waals surface area contributed by atoms with E-state index < -0.39 is 11.5 Å². The van der Waals surface area contributed by atoms with Crippen LogP contribution in [0.15, 0.2) is 5.38 Å². The zero-order valence-corrected chi connectivity index (χ0v) is 13.1. The topological polar surface area (TPSA) is 82.5 Å². The summed E-state index contributed by atoms with van der Waals surface area (Å²) in [5.41, 5.74) is 0.429. The van der Waals surface area contributed by atoms with Crippen molar-refractivity contribution in [3.05, 3.63) is 16.1 Å². The molecule has 0 saturated carbocycles. The van der Waals surface area contributed by atoms with Gasteiger partial charge in [-0.05, 0) is 27.7 Å². The van der Waals surface area contributed by atoms with Gasteiger partial charge in [0.15, 0.2) is 0 Å². The molecule has 1 aromatic rings. The van der Waals surface area contributed by atoms with Crippen molar-refractivity contribution in [2.24, 2.45) is 0 Å². The van der Waals surface area contributed by atoms with Crippen molar-refractivity contribution in [1.29, 1.82) is 0 Å². The number of nitrogens with one attached hydrogen (secondary N) is 1. The van der Waals surface area contributed by atoms with Crippen LogP contribution in [0.2, 0.25) is 0 Å². The Hall–Kier alpha value is -1.63. The maximum atomic E-state index is 12.1. The smallest absolute Gasteiger partial charge is 0.323 e. The van der Waals surface area contributed by atoms with Gasteiger partial charge < -0.3 is 15.3 Å². The van der Waals surface area contributed by atoms with Crippen molar-refractivity contribution in [3.63, 3.8) is 0 Å². The van der Waals surface area contributed by atoms with Crippen LogP contribution in [0.1, 0.15) is 31.5 Å². The molecule has 2 amide bonds. The fourth-order valence-electron chi connectivity index (χ4n) is 1.64. The first-order valence-corrected chi connectivity index (χ1v) is 7.26. The average Bonchev–Trinajstić information content (AvgIpc) is 2.70. The summed E-state index contributed by atoms with van der Waals surface area (Å²) in [5, 5.41) is 14.5. The second kappa shape index (κ2) is 6.69. The highest BCUT2D eigenvalue weighted by Crippen LogP contribution is 2.13. The first-order valence-electron chi connectivity index (χ1n) is 6.38. The number of urea groups is 1. The van der Waals surface area contributed by atoms with Gasteiger partial charge in [0, 0.05) is 29.6 Å². The highest BCUT2D eigenvalue weighted by molar-refractivity contribution is 7.09. The van der Waals surface area contributed by atoms with Gasteiger partial charge in [0.25, 0.3) is 0 Å². The Kier molecular flexibility index (Phi) is 5.50. The number of hydrogen-bond donors (Lipinski definition) is 2. The average molecular weight is 299 g/mol. The fourth-order valence-corrected chi connectivity index (χ4v) is 2.41. The minimum absolute atomic E-state index is 0.314. The number of nitrogens with zero attached hydrogens (tertiary/aromatic N) is 2. The molecule has 0 aliphatic carbocycles. The first kappa shape index (κ1) is 16.4. The molecular weight excluding hydrogens is 278 g/mol. The molecule has 6 nitrogen and oxygen atoms in total. The van der Waals surface area contributed by atoms with Crippen LogP contribution >= 0.6 is 11.3 Å². The van der Waals surface area contributed by atoms with Crippen LogP contribution < -0.4 is 5.32 Å². The molecule has 0 aromatic carbocycles. The van der Waals surface area contributed by atoms with Crippen LogP contribution in [0.4, 0.5) is 4.79 Å². The molecule has 0 atom stereocenters. The van der Waals surface area contributed by atoms with Crippen LogP contribution in [0.3, 0.4) is 0 Å². The van der Waals surface area contributed by atoms with Crippen LogP contribution in [-0.4, -0.2) is 45.6 Å². The predicted octanol–water partition coefficient (Wildman–Crippen LogP) is 1.89. The van der Waals surface area contributed by atoms with Crippen molar-refractivity contribution in [2.45, 2.75) is 39.7 Å². The van der Waals surface area contributed by atoms with Crippen molar-refractivity contribution in [3.8, 4) is 0 Å². The summed E-state index contributed by atoms with van der Waals surface area (Å²) in [5.74, 6) is -1.02. The van der Waals surface area contributed by atoms with Crippen LogP contribution in [0.25, 0.3) is 0 Å². The van der Waals surface area contributed by atoms with Crippen molar-refractivity contribution >= 4 is 23.3 Å². The Morgan fingerprint density at radius 1 is 1.45 bits per heavy atom. The zero-order valence-electron chi connectivity index (χ0n) is 12.3.